The number of fused-ring (bicyclic) bond motifs is 1. The first kappa shape index (κ1) is 19.9. The molecule has 146 valence electrons. The molecule has 6 nitrogen and oxygen atoms in total. The van der Waals surface area contributed by atoms with Crippen molar-refractivity contribution in [2.75, 3.05) is 21.2 Å². The van der Waals surface area contributed by atoms with Crippen LogP contribution in [0, 0.1) is 0 Å². The van der Waals surface area contributed by atoms with Gasteiger partial charge in [-0.3, -0.25) is 4.79 Å². The van der Waals surface area contributed by atoms with E-state index in [4.69, 9.17) is 4.74 Å². The summed E-state index contributed by atoms with van der Waals surface area (Å²) < 4.78 is 31.3. The molecule has 0 aliphatic heterocycles. The molecule has 0 spiro atoms. The zero-order valence-corrected chi connectivity index (χ0v) is 16.8. The van der Waals surface area contributed by atoms with Crippen LogP contribution < -0.4 is 10.1 Å². The number of methoxy groups -OCH3 is 1. The van der Waals surface area contributed by atoms with Crippen molar-refractivity contribution < 1.29 is 17.9 Å². The molecule has 0 atom stereocenters. The van der Waals surface area contributed by atoms with Crippen molar-refractivity contribution in [1.29, 1.82) is 0 Å². The van der Waals surface area contributed by atoms with Gasteiger partial charge in [-0.2, -0.15) is 0 Å². The minimum atomic E-state index is -3.74. The summed E-state index contributed by atoms with van der Waals surface area (Å²) in [6.45, 7) is 0.335. The maximum atomic E-state index is 12.6. The fraction of sp³-hybridized carbons (Fsp3) is 0.190. The fourth-order valence-corrected chi connectivity index (χ4v) is 4.02. The summed E-state index contributed by atoms with van der Waals surface area (Å²) in [5.41, 5.74) is 1.24. The smallest absolute Gasteiger partial charge is 0.251 e. The lowest BCUT2D eigenvalue weighted by Crippen LogP contribution is -2.25. The number of sulfonamides is 1. The molecule has 3 rings (SSSR count). The number of benzene rings is 3. The molecule has 0 bridgehead atoms. The second-order valence-corrected chi connectivity index (χ2v) is 8.59. The van der Waals surface area contributed by atoms with E-state index in [0.29, 0.717) is 6.54 Å². The summed E-state index contributed by atoms with van der Waals surface area (Å²) in [4.78, 5) is 12.6. The van der Waals surface area contributed by atoms with Gasteiger partial charge in [0, 0.05) is 26.2 Å². The number of nitrogens with zero attached hydrogens (tertiary/aromatic N) is 1. The van der Waals surface area contributed by atoms with Crippen LogP contribution in [-0.2, 0) is 16.6 Å². The van der Waals surface area contributed by atoms with E-state index in [2.05, 4.69) is 5.32 Å². The van der Waals surface area contributed by atoms with Crippen LogP contribution in [0.4, 0.5) is 0 Å². The SMILES string of the molecule is COc1ccc(C(=O)NCc2cccc3ccccc23)cc1S(=O)(=O)N(C)C. The van der Waals surface area contributed by atoms with E-state index in [1.54, 1.807) is 6.07 Å². The molecule has 0 saturated heterocycles. The van der Waals surface area contributed by atoms with Gasteiger partial charge in [0.15, 0.2) is 0 Å². The van der Waals surface area contributed by atoms with Gasteiger partial charge in [-0.1, -0.05) is 42.5 Å². The van der Waals surface area contributed by atoms with E-state index in [1.165, 1.54) is 33.3 Å². The van der Waals surface area contributed by atoms with Crippen LogP contribution in [0.5, 0.6) is 5.75 Å². The van der Waals surface area contributed by atoms with Gasteiger partial charge in [0.2, 0.25) is 10.0 Å². The largest absolute Gasteiger partial charge is 0.495 e. The van der Waals surface area contributed by atoms with Crippen molar-refractivity contribution in [3.05, 3.63) is 71.8 Å². The lowest BCUT2D eigenvalue weighted by molar-refractivity contribution is 0.0951. The molecule has 0 aliphatic rings. The highest BCUT2D eigenvalue weighted by Gasteiger charge is 2.23. The summed E-state index contributed by atoms with van der Waals surface area (Å²) >= 11 is 0. The Morgan fingerprint density at radius 3 is 2.46 bits per heavy atom. The number of amides is 1. The highest BCUT2D eigenvalue weighted by atomic mass is 32.2. The number of hydrogen-bond acceptors (Lipinski definition) is 4. The van der Waals surface area contributed by atoms with Crippen molar-refractivity contribution in [3.8, 4) is 5.75 Å². The average Bonchev–Trinajstić information content (AvgIpc) is 2.71. The highest BCUT2D eigenvalue weighted by Crippen LogP contribution is 2.27. The Balaban J connectivity index is 1.87. The molecule has 0 radical (unpaired) electrons. The van der Waals surface area contributed by atoms with Crippen LogP contribution in [-0.4, -0.2) is 39.8 Å². The van der Waals surface area contributed by atoms with Crippen LogP contribution in [0.1, 0.15) is 15.9 Å². The molecule has 0 saturated carbocycles. The summed E-state index contributed by atoms with van der Waals surface area (Å²) in [6.07, 6.45) is 0. The normalized spacial score (nSPS) is 11.6. The van der Waals surface area contributed by atoms with Crippen LogP contribution >= 0.6 is 0 Å². The van der Waals surface area contributed by atoms with Crippen LogP contribution in [0.25, 0.3) is 10.8 Å². The molecule has 0 aromatic heterocycles. The first-order valence-electron chi connectivity index (χ1n) is 8.70. The molecule has 7 heteroatoms. The molecule has 1 N–H and O–H groups in total. The van der Waals surface area contributed by atoms with Gasteiger partial charge in [0.25, 0.3) is 5.91 Å². The maximum absolute atomic E-state index is 12.6. The quantitative estimate of drug-likeness (QED) is 0.693. The minimum absolute atomic E-state index is 0.0437. The van der Waals surface area contributed by atoms with Crippen molar-refractivity contribution >= 4 is 26.7 Å². The predicted molar refractivity (Wildman–Crippen MR) is 109 cm³/mol. The number of ether oxygens (including phenoxy) is 1. The van der Waals surface area contributed by atoms with Crippen LogP contribution in [0.15, 0.2) is 65.6 Å². The molecule has 28 heavy (non-hydrogen) atoms. The average molecular weight is 398 g/mol. The summed E-state index contributed by atoms with van der Waals surface area (Å²) in [6, 6.07) is 18.2. The lowest BCUT2D eigenvalue weighted by Gasteiger charge is -2.15. The van der Waals surface area contributed by atoms with Gasteiger partial charge in [-0.15, -0.1) is 0 Å². The third-order valence-electron chi connectivity index (χ3n) is 4.50. The molecular weight excluding hydrogens is 376 g/mol. The Kier molecular flexibility index (Phi) is 5.67. The van der Waals surface area contributed by atoms with Crippen molar-refractivity contribution in [1.82, 2.24) is 9.62 Å². The molecule has 3 aromatic rings. The van der Waals surface area contributed by atoms with E-state index in [1.807, 2.05) is 42.5 Å². The van der Waals surface area contributed by atoms with Crippen molar-refractivity contribution in [2.45, 2.75) is 11.4 Å². The van der Waals surface area contributed by atoms with E-state index >= 15 is 0 Å². The zero-order valence-electron chi connectivity index (χ0n) is 16.0. The lowest BCUT2D eigenvalue weighted by atomic mass is 10.0. The minimum Gasteiger partial charge on any atom is -0.495 e. The Morgan fingerprint density at radius 1 is 1.04 bits per heavy atom. The standard InChI is InChI=1S/C21H22N2O4S/c1-23(2)28(25,26)20-13-16(11-12-19(20)27-3)21(24)22-14-17-9-6-8-15-7-4-5-10-18(15)17/h4-13H,14H2,1-3H3,(H,22,24). The highest BCUT2D eigenvalue weighted by molar-refractivity contribution is 7.89. The molecule has 0 aliphatic carbocycles. The summed E-state index contributed by atoms with van der Waals surface area (Å²) in [5.74, 6) is -0.162. The third kappa shape index (κ3) is 3.85. The molecule has 0 fully saturated rings. The fourth-order valence-electron chi connectivity index (χ4n) is 2.94. The first-order chi connectivity index (χ1) is 13.3. The molecule has 1 amide bonds. The Morgan fingerprint density at radius 2 is 1.75 bits per heavy atom. The second kappa shape index (κ2) is 8.00. The summed E-state index contributed by atoms with van der Waals surface area (Å²) in [5, 5.41) is 5.03. The van der Waals surface area contributed by atoms with E-state index in [0.717, 1.165) is 20.6 Å². The van der Waals surface area contributed by atoms with Gasteiger partial charge in [-0.25, -0.2) is 12.7 Å². The van der Waals surface area contributed by atoms with Gasteiger partial charge in [0.05, 0.1) is 7.11 Å². The van der Waals surface area contributed by atoms with Gasteiger partial charge in [-0.05, 0) is 34.5 Å². The monoisotopic (exact) mass is 398 g/mol. The topological polar surface area (TPSA) is 75.7 Å². The van der Waals surface area contributed by atoms with Gasteiger partial charge < -0.3 is 10.1 Å². The number of rotatable bonds is 6. The second-order valence-electron chi connectivity index (χ2n) is 6.47. The van der Waals surface area contributed by atoms with Crippen molar-refractivity contribution in [3.63, 3.8) is 0 Å². The van der Waals surface area contributed by atoms with Crippen LogP contribution in [0.2, 0.25) is 0 Å². The maximum Gasteiger partial charge on any atom is 0.251 e. The molecule has 3 aromatic carbocycles. The Labute approximate surface area is 164 Å². The first-order valence-corrected chi connectivity index (χ1v) is 10.1. The number of nitrogens with one attached hydrogen (secondary N) is 1. The van der Waals surface area contributed by atoms with Crippen LogP contribution in [0.3, 0.4) is 0 Å². The number of hydrogen-bond donors (Lipinski definition) is 1. The molecule has 0 heterocycles. The third-order valence-corrected chi connectivity index (χ3v) is 6.34. The number of carbonyl (C=O) groups is 1. The predicted octanol–water partition coefficient (Wildman–Crippen LogP) is 3.03. The molecule has 0 unspecified atom stereocenters. The Hall–Kier alpha value is -2.90. The van der Waals surface area contributed by atoms with Gasteiger partial charge >= 0.3 is 0 Å². The zero-order chi connectivity index (χ0) is 20.3. The van der Waals surface area contributed by atoms with E-state index in [-0.39, 0.29) is 22.1 Å². The number of carbonyl (C=O) groups excluding carboxylic acids is 1. The summed E-state index contributed by atoms with van der Waals surface area (Å²) in [7, 11) is 0.515. The van der Waals surface area contributed by atoms with E-state index in [9.17, 15) is 13.2 Å². The van der Waals surface area contributed by atoms with Gasteiger partial charge in [0.1, 0.15) is 10.6 Å². The Bertz CT molecular complexity index is 1120. The van der Waals surface area contributed by atoms with Crippen molar-refractivity contribution in [2.24, 2.45) is 0 Å². The van der Waals surface area contributed by atoms with E-state index < -0.39 is 10.0 Å². The molecular formula is C21H22N2O4S.